The van der Waals surface area contributed by atoms with Gasteiger partial charge in [0.2, 0.25) is 0 Å². The van der Waals surface area contributed by atoms with E-state index in [1.165, 1.54) is 38.5 Å². The summed E-state index contributed by atoms with van der Waals surface area (Å²) in [7, 11) is 0. The monoisotopic (exact) mass is 245 g/mol. The van der Waals surface area contributed by atoms with E-state index in [1.807, 2.05) is 0 Å². The molecule has 17 heavy (non-hydrogen) atoms. The first kappa shape index (κ1) is 16.9. The number of hydrogen-bond acceptors (Lipinski definition) is 3. The van der Waals surface area contributed by atoms with Gasteiger partial charge in [-0.1, -0.05) is 39.5 Å². The van der Waals surface area contributed by atoms with E-state index < -0.39 is 6.10 Å². The normalized spacial score (nSPS) is 13.2. The van der Waals surface area contributed by atoms with E-state index in [4.69, 9.17) is 5.11 Å². The number of rotatable bonds is 12. The van der Waals surface area contributed by atoms with E-state index in [9.17, 15) is 5.11 Å². The molecular formula is C14H31NO2. The summed E-state index contributed by atoms with van der Waals surface area (Å²) in [6.45, 7) is 7.51. The van der Waals surface area contributed by atoms with E-state index in [1.54, 1.807) is 0 Å². The molecule has 0 amide bonds. The first-order valence-electron chi connectivity index (χ1n) is 7.25. The van der Waals surface area contributed by atoms with Crippen molar-refractivity contribution >= 4 is 0 Å². The van der Waals surface area contributed by atoms with Gasteiger partial charge in [0.15, 0.2) is 0 Å². The Balaban J connectivity index is 3.75. The van der Waals surface area contributed by atoms with E-state index in [0.29, 0.717) is 6.42 Å². The summed E-state index contributed by atoms with van der Waals surface area (Å²) in [6, 6.07) is 0. The molecule has 1 atom stereocenters. The molecule has 0 aliphatic carbocycles. The maximum absolute atomic E-state index is 9.37. The zero-order valence-corrected chi connectivity index (χ0v) is 11.7. The van der Waals surface area contributed by atoms with E-state index >= 15 is 0 Å². The quantitative estimate of drug-likeness (QED) is 0.519. The van der Waals surface area contributed by atoms with E-state index in [-0.39, 0.29) is 6.61 Å². The number of nitrogens with zero attached hydrogens (tertiary/aromatic N) is 1. The summed E-state index contributed by atoms with van der Waals surface area (Å²) in [4.78, 5) is 2.43. The summed E-state index contributed by atoms with van der Waals surface area (Å²) in [5.74, 6) is 0. The first-order valence-corrected chi connectivity index (χ1v) is 7.25. The van der Waals surface area contributed by atoms with Crippen LogP contribution in [0.15, 0.2) is 0 Å². The number of hydrogen-bond donors (Lipinski definition) is 2. The van der Waals surface area contributed by atoms with Crippen LogP contribution in [0.2, 0.25) is 0 Å². The topological polar surface area (TPSA) is 43.7 Å². The molecule has 104 valence electrons. The Labute approximate surface area is 107 Å². The third-order valence-electron chi connectivity index (χ3n) is 3.15. The molecule has 1 unspecified atom stereocenters. The molecule has 0 spiro atoms. The Morgan fingerprint density at radius 1 is 0.882 bits per heavy atom. The molecule has 0 aromatic heterocycles. The summed E-state index contributed by atoms with van der Waals surface area (Å²) in [6.07, 6.45) is 7.71. The van der Waals surface area contributed by atoms with Crippen molar-refractivity contribution in [3.8, 4) is 0 Å². The fourth-order valence-corrected chi connectivity index (χ4v) is 1.93. The Morgan fingerprint density at radius 2 is 1.41 bits per heavy atom. The predicted octanol–water partition coefficient (Wildman–Crippen LogP) is 2.41. The van der Waals surface area contributed by atoms with Crippen LogP contribution in [0.5, 0.6) is 0 Å². The number of unbranched alkanes of at least 4 members (excludes halogenated alkanes) is 4. The van der Waals surface area contributed by atoms with Crippen LogP contribution in [-0.4, -0.2) is 47.5 Å². The Morgan fingerprint density at radius 3 is 1.82 bits per heavy atom. The van der Waals surface area contributed by atoms with Crippen LogP contribution in [0.3, 0.4) is 0 Å². The van der Waals surface area contributed by atoms with Crippen molar-refractivity contribution in [2.75, 3.05) is 26.2 Å². The Bertz CT molecular complexity index is 143. The summed E-state index contributed by atoms with van der Waals surface area (Å²) in [5.41, 5.74) is 0. The van der Waals surface area contributed by atoms with Crippen molar-refractivity contribution in [3.05, 3.63) is 0 Å². The van der Waals surface area contributed by atoms with Gasteiger partial charge in [0, 0.05) is 6.54 Å². The third kappa shape index (κ3) is 10.7. The molecule has 0 saturated heterocycles. The molecular weight excluding hydrogens is 214 g/mol. The minimum Gasteiger partial charge on any atom is -0.394 e. The molecule has 3 heteroatoms. The van der Waals surface area contributed by atoms with Gasteiger partial charge in [-0.15, -0.1) is 0 Å². The molecule has 0 fully saturated rings. The maximum atomic E-state index is 9.37. The minimum absolute atomic E-state index is 0.113. The molecule has 0 aromatic rings. The van der Waals surface area contributed by atoms with E-state index in [0.717, 1.165) is 19.6 Å². The lowest BCUT2D eigenvalue weighted by atomic mass is 10.2. The molecule has 0 radical (unpaired) electrons. The van der Waals surface area contributed by atoms with Gasteiger partial charge in [0.05, 0.1) is 12.7 Å². The van der Waals surface area contributed by atoms with Crippen LogP contribution >= 0.6 is 0 Å². The third-order valence-corrected chi connectivity index (χ3v) is 3.15. The van der Waals surface area contributed by atoms with Crippen LogP contribution in [-0.2, 0) is 0 Å². The zero-order chi connectivity index (χ0) is 12.9. The Kier molecular flexibility index (Phi) is 12.3. The molecule has 0 bridgehead atoms. The summed E-state index contributed by atoms with van der Waals surface area (Å²) in [5, 5.41) is 18.2. The van der Waals surface area contributed by atoms with Gasteiger partial charge in [0.1, 0.15) is 0 Å². The minimum atomic E-state index is -0.546. The molecule has 3 nitrogen and oxygen atoms in total. The summed E-state index contributed by atoms with van der Waals surface area (Å²) >= 11 is 0. The highest BCUT2D eigenvalue weighted by Crippen LogP contribution is 2.04. The second-order valence-corrected chi connectivity index (χ2v) is 4.88. The highest BCUT2D eigenvalue weighted by atomic mass is 16.3. The number of aliphatic hydroxyl groups excluding tert-OH is 2. The maximum Gasteiger partial charge on any atom is 0.0783 e. The summed E-state index contributed by atoms with van der Waals surface area (Å²) < 4.78 is 0. The average molecular weight is 245 g/mol. The Hall–Kier alpha value is -0.120. The van der Waals surface area contributed by atoms with Gasteiger partial charge >= 0.3 is 0 Å². The van der Waals surface area contributed by atoms with Gasteiger partial charge in [-0.05, 0) is 32.4 Å². The highest BCUT2D eigenvalue weighted by Gasteiger charge is 2.08. The van der Waals surface area contributed by atoms with Crippen LogP contribution in [0.1, 0.15) is 58.8 Å². The largest absolute Gasteiger partial charge is 0.394 e. The lowest BCUT2D eigenvalue weighted by Gasteiger charge is -2.23. The second-order valence-electron chi connectivity index (χ2n) is 4.88. The highest BCUT2D eigenvalue weighted by molar-refractivity contribution is 4.62. The van der Waals surface area contributed by atoms with Gasteiger partial charge in [-0.3, -0.25) is 0 Å². The van der Waals surface area contributed by atoms with Crippen molar-refractivity contribution < 1.29 is 10.2 Å². The van der Waals surface area contributed by atoms with Crippen molar-refractivity contribution in [2.24, 2.45) is 0 Å². The second kappa shape index (κ2) is 12.3. The molecule has 0 rings (SSSR count). The van der Waals surface area contributed by atoms with E-state index in [2.05, 4.69) is 18.7 Å². The lowest BCUT2D eigenvalue weighted by Crippen LogP contribution is -2.30. The SMILES string of the molecule is CCCCCN(CCCCC)CCC(O)CO. The van der Waals surface area contributed by atoms with Crippen LogP contribution in [0.25, 0.3) is 0 Å². The van der Waals surface area contributed by atoms with Crippen molar-refractivity contribution in [1.29, 1.82) is 0 Å². The zero-order valence-electron chi connectivity index (χ0n) is 11.7. The first-order chi connectivity index (χ1) is 8.24. The molecule has 0 aliphatic rings. The van der Waals surface area contributed by atoms with Crippen LogP contribution in [0.4, 0.5) is 0 Å². The van der Waals surface area contributed by atoms with Gasteiger partial charge in [-0.25, -0.2) is 0 Å². The molecule has 0 heterocycles. The van der Waals surface area contributed by atoms with Gasteiger partial charge in [-0.2, -0.15) is 0 Å². The molecule has 0 aliphatic heterocycles. The lowest BCUT2D eigenvalue weighted by molar-refractivity contribution is 0.0766. The molecule has 0 saturated carbocycles. The number of aliphatic hydroxyl groups is 2. The average Bonchev–Trinajstić information content (AvgIpc) is 2.35. The standard InChI is InChI=1S/C14H31NO2/c1-3-5-7-10-15(11-8-6-4-2)12-9-14(17)13-16/h14,16-17H,3-13H2,1-2H3. The van der Waals surface area contributed by atoms with Crippen molar-refractivity contribution in [2.45, 2.75) is 64.9 Å². The van der Waals surface area contributed by atoms with Crippen LogP contribution in [0, 0.1) is 0 Å². The fraction of sp³-hybridized carbons (Fsp3) is 1.00. The van der Waals surface area contributed by atoms with Gasteiger partial charge < -0.3 is 15.1 Å². The fourth-order valence-electron chi connectivity index (χ4n) is 1.93. The molecule has 0 aromatic carbocycles. The van der Waals surface area contributed by atoms with Gasteiger partial charge in [0.25, 0.3) is 0 Å². The molecule has 2 N–H and O–H groups in total. The predicted molar refractivity (Wildman–Crippen MR) is 73.2 cm³/mol. The van der Waals surface area contributed by atoms with Crippen molar-refractivity contribution in [1.82, 2.24) is 4.90 Å². The smallest absolute Gasteiger partial charge is 0.0783 e. The van der Waals surface area contributed by atoms with Crippen LogP contribution < -0.4 is 0 Å². The van der Waals surface area contributed by atoms with Crippen molar-refractivity contribution in [3.63, 3.8) is 0 Å².